The van der Waals surface area contributed by atoms with Crippen LogP contribution in [-0.4, -0.2) is 62.0 Å². The van der Waals surface area contributed by atoms with Crippen LogP contribution in [0.15, 0.2) is 0 Å². The number of hydrogen-bond acceptors (Lipinski definition) is 4. The van der Waals surface area contributed by atoms with E-state index in [0.717, 1.165) is 19.3 Å². The fraction of sp³-hybridized carbons (Fsp3) is 1.00. The molecule has 0 bridgehead atoms. The van der Waals surface area contributed by atoms with E-state index in [2.05, 4.69) is 0 Å². The Kier molecular flexibility index (Phi) is 4.60. The molecule has 18 heavy (non-hydrogen) atoms. The van der Waals surface area contributed by atoms with Gasteiger partial charge in [0.25, 0.3) is 10.2 Å². The maximum Gasteiger partial charge on any atom is 0.282 e. The van der Waals surface area contributed by atoms with Crippen molar-refractivity contribution in [1.29, 1.82) is 0 Å². The number of piperidine rings is 1. The Hall–Kier alpha value is -0.210. The van der Waals surface area contributed by atoms with Gasteiger partial charge in [0.05, 0.1) is 12.2 Å². The molecule has 2 atom stereocenters. The summed E-state index contributed by atoms with van der Waals surface area (Å²) in [6, 6.07) is 0. The monoisotopic (exact) mass is 277 g/mol. The fourth-order valence-electron chi connectivity index (χ4n) is 2.58. The molecule has 7 heteroatoms. The van der Waals surface area contributed by atoms with Gasteiger partial charge in [-0.1, -0.05) is 6.42 Å². The summed E-state index contributed by atoms with van der Waals surface area (Å²) < 4.78 is 33.7. The van der Waals surface area contributed by atoms with Crippen molar-refractivity contribution in [3.63, 3.8) is 0 Å². The first-order valence-corrected chi connectivity index (χ1v) is 8.04. The number of ether oxygens (including phenoxy) is 1. The van der Waals surface area contributed by atoms with Crippen LogP contribution in [0.3, 0.4) is 0 Å². The van der Waals surface area contributed by atoms with Gasteiger partial charge in [-0.3, -0.25) is 0 Å². The first-order chi connectivity index (χ1) is 8.54. The van der Waals surface area contributed by atoms with E-state index in [1.807, 2.05) is 6.92 Å². The molecule has 0 aromatic carbocycles. The highest BCUT2D eigenvalue weighted by molar-refractivity contribution is 7.86. The van der Waals surface area contributed by atoms with Crippen LogP contribution in [0.4, 0.5) is 0 Å². The van der Waals surface area contributed by atoms with Crippen LogP contribution in [0, 0.1) is 0 Å². The highest BCUT2D eigenvalue weighted by Gasteiger charge is 2.36. The van der Waals surface area contributed by atoms with Crippen molar-refractivity contribution in [1.82, 2.24) is 8.61 Å². The lowest BCUT2D eigenvalue weighted by atomic mass is 10.2. The Morgan fingerprint density at radius 3 is 2.44 bits per heavy atom. The van der Waals surface area contributed by atoms with Gasteiger partial charge in [0.2, 0.25) is 0 Å². The number of nitrogens with two attached hydrogens (primary N) is 1. The summed E-state index contributed by atoms with van der Waals surface area (Å²) in [5.74, 6) is 0. The number of hydrogen-bond donors (Lipinski definition) is 1. The molecular weight excluding hydrogens is 254 g/mol. The molecule has 0 aliphatic carbocycles. The minimum atomic E-state index is -3.33. The third-order valence-electron chi connectivity index (χ3n) is 3.52. The van der Waals surface area contributed by atoms with Crippen LogP contribution in [0.1, 0.15) is 26.2 Å². The van der Waals surface area contributed by atoms with Crippen LogP contribution < -0.4 is 5.73 Å². The molecular formula is C11H23N3O3S. The lowest BCUT2D eigenvalue weighted by Crippen LogP contribution is -2.55. The molecule has 6 nitrogen and oxygen atoms in total. The Bertz CT molecular complexity index is 368. The van der Waals surface area contributed by atoms with Gasteiger partial charge in [0.15, 0.2) is 0 Å². The summed E-state index contributed by atoms with van der Waals surface area (Å²) in [5.41, 5.74) is 5.59. The number of morpholine rings is 1. The third kappa shape index (κ3) is 3.03. The van der Waals surface area contributed by atoms with Crippen molar-refractivity contribution in [2.45, 2.75) is 38.4 Å². The standard InChI is InChI=1S/C11H23N3O3S/c1-10-8-14(9-11(7-12)17-10)18(15,16)13-5-3-2-4-6-13/h10-11H,2-9,12H2,1H3. The summed E-state index contributed by atoms with van der Waals surface area (Å²) >= 11 is 0. The Balaban J connectivity index is 2.08. The average Bonchev–Trinajstić information content (AvgIpc) is 2.39. The largest absolute Gasteiger partial charge is 0.371 e. The summed E-state index contributed by atoms with van der Waals surface area (Å²) in [4.78, 5) is 0. The van der Waals surface area contributed by atoms with Crippen LogP contribution in [0.2, 0.25) is 0 Å². The first-order valence-electron chi connectivity index (χ1n) is 6.65. The molecule has 2 aliphatic heterocycles. The summed E-state index contributed by atoms with van der Waals surface area (Å²) in [7, 11) is -3.33. The molecule has 0 aromatic heterocycles. The van der Waals surface area contributed by atoms with Gasteiger partial charge in [0, 0.05) is 32.7 Å². The van der Waals surface area contributed by atoms with Gasteiger partial charge in [-0.05, 0) is 19.8 Å². The van der Waals surface area contributed by atoms with Gasteiger partial charge >= 0.3 is 0 Å². The summed E-state index contributed by atoms with van der Waals surface area (Å²) in [6.07, 6.45) is 2.76. The fourth-order valence-corrected chi connectivity index (χ4v) is 4.38. The minimum Gasteiger partial charge on any atom is -0.371 e. The number of rotatable bonds is 3. The van der Waals surface area contributed by atoms with Crippen molar-refractivity contribution in [2.24, 2.45) is 5.73 Å². The first kappa shape index (κ1) is 14.2. The molecule has 0 saturated carbocycles. The van der Waals surface area contributed by atoms with Gasteiger partial charge in [-0.2, -0.15) is 17.0 Å². The van der Waals surface area contributed by atoms with E-state index in [1.54, 1.807) is 4.31 Å². The molecule has 2 unspecified atom stereocenters. The van der Waals surface area contributed by atoms with Crippen molar-refractivity contribution in [2.75, 3.05) is 32.7 Å². The van der Waals surface area contributed by atoms with Crippen molar-refractivity contribution in [3.05, 3.63) is 0 Å². The van der Waals surface area contributed by atoms with Crippen molar-refractivity contribution in [3.8, 4) is 0 Å². The molecule has 2 fully saturated rings. The van der Waals surface area contributed by atoms with Gasteiger partial charge in [0.1, 0.15) is 0 Å². The van der Waals surface area contributed by atoms with Crippen LogP contribution in [0.25, 0.3) is 0 Å². The van der Waals surface area contributed by atoms with Gasteiger partial charge in [-0.25, -0.2) is 0 Å². The molecule has 0 aromatic rings. The number of nitrogens with zero attached hydrogens (tertiary/aromatic N) is 2. The third-order valence-corrected chi connectivity index (χ3v) is 5.49. The topological polar surface area (TPSA) is 75.9 Å². The zero-order valence-corrected chi connectivity index (χ0v) is 11.7. The predicted octanol–water partition coefficient (Wildman–Crippen LogP) is -0.235. The molecule has 0 spiro atoms. The molecule has 0 amide bonds. The van der Waals surface area contributed by atoms with Crippen LogP contribution >= 0.6 is 0 Å². The molecule has 2 N–H and O–H groups in total. The van der Waals surface area contributed by atoms with Crippen LogP contribution in [-0.2, 0) is 14.9 Å². The van der Waals surface area contributed by atoms with E-state index < -0.39 is 10.2 Å². The van der Waals surface area contributed by atoms with Crippen molar-refractivity contribution >= 4 is 10.2 Å². The molecule has 2 rings (SSSR count). The van der Waals surface area contributed by atoms with E-state index in [9.17, 15) is 8.42 Å². The predicted molar refractivity (Wildman–Crippen MR) is 69.3 cm³/mol. The quantitative estimate of drug-likeness (QED) is 0.773. The maximum absolute atomic E-state index is 12.5. The second kappa shape index (κ2) is 5.83. The Morgan fingerprint density at radius 2 is 1.83 bits per heavy atom. The van der Waals surface area contributed by atoms with E-state index >= 15 is 0 Å². The zero-order chi connectivity index (χ0) is 13.2. The second-order valence-electron chi connectivity index (χ2n) is 5.09. The van der Waals surface area contributed by atoms with E-state index in [0.29, 0.717) is 32.7 Å². The lowest BCUT2D eigenvalue weighted by molar-refractivity contribution is -0.0500. The summed E-state index contributed by atoms with van der Waals surface area (Å²) in [6.45, 7) is 4.33. The van der Waals surface area contributed by atoms with Gasteiger partial charge < -0.3 is 10.5 Å². The Morgan fingerprint density at radius 1 is 1.17 bits per heavy atom. The molecule has 106 valence electrons. The van der Waals surface area contributed by atoms with E-state index in [-0.39, 0.29) is 12.2 Å². The molecule has 2 saturated heterocycles. The highest BCUT2D eigenvalue weighted by Crippen LogP contribution is 2.20. The van der Waals surface area contributed by atoms with Gasteiger partial charge in [-0.15, -0.1) is 0 Å². The molecule has 2 aliphatic rings. The average molecular weight is 277 g/mol. The molecule has 0 radical (unpaired) electrons. The van der Waals surface area contributed by atoms with E-state index in [1.165, 1.54) is 4.31 Å². The lowest BCUT2D eigenvalue weighted by Gasteiger charge is -2.39. The van der Waals surface area contributed by atoms with Crippen molar-refractivity contribution < 1.29 is 13.2 Å². The SMILES string of the molecule is CC1CN(S(=O)(=O)N2CCCCC2)CC(CN)O1. The minimum absolute atomic E-state index is 0.0909. The normalized spacial score (nSPS) is 32.6. The maximum atomic E-state index is 12.5. The zero-order valence-electron chi connectivity index (χ0n) is 10.9. The highest BCUT2D eigenvalue weighted by atomic mass is 32.2. The summed E-state index contributed by atoms with van der Waals surface area (Å²) in [5, 5.41) is 0. The second-order valence-corrected chi connectivity index (χ2v) is 7.02. The van der Waals surface area contributed by atoms with Crippen LogP contribution in [0.5, 0.6) is 0 Å². The molecule has 2 heterocycles. The van der Waals surface area contributed by atoms with E-state index in [4.69, 9.17) is 10.5 Å². The Labute approximate surface area is 109 Å². The smallest absolute Gasteiger partial charge is 0.282 e.